The molecule has 0 aliphatic heterocycles. The minimum absolute atomic E-state index is 0.220. The predicted molar refractivity (Wildman–Crippen MR) is 100 cm³/mol. The lowest BCUT2D eigenvalue weighted by Crippen LogP contribution is -2.41. The number of hydrogen-bond acceptors (Lipinski definition) is 3. The molecule has 2 N–H and O–H groups in total. The highest BCUT2D eigenvalue weighted by atomic mass is 16.4. The molecule has 0 spiro atoms. The lowest BCUT2D eigenvalue weighted by atomic mass is 10.0. The van der Waals surface area contributed by atoms with Crippen LogP contribution in [0.15, 0.2) is 66.7 Å². The van der Waals surface area contributed by atoms with E-state index in [0.29, 0.717) is 18.4 Å². The summed E-state index contributed by atoms with van der Waals surface area (Å²) in [7, 11) is 0. The molecular weight excluding hydrogens is 328 g/mol. The van der Waals surface area contributed by atoms with Crippen molar-refractivity contribution in [2.75, 3.05) is 0 Å². The van der Waals surface area contributed by atoms with Gasteiger partial charge >= 0.3 is 5.97 Å². The fraction of sp³-hybridized carbons (Fsp3) is 0.190. The van der Waals surface area contributed by atoms with Gasteiger partial charge in [0.05, 0.1) is 5.52 Å². The van der Waals surface area contributed by atoms with Crippen LogP contribution >= 0.6 is 0 Å². The second-order valence-electron chi connectivity index (χ2n) is 6.13. The summed E-state index contributed by atoms with van der Waals surface area (Å²) in [6.07, 6.45) is 1.81. The number of nitrogens with one attached hydrogen (secondary N) is 1. The smallest absolute Gasteiger partial charge is 0.326 e. The standard InChI is InChI=1S/C21H20N2O3/c24-20(18-14-13-16-10-4-5-11-17(16)22-18)23-19(21(25)26)12-6-9-15-7-2-1-3-8-15/h1-5,7-8,10-11,13-14,19H,6,9,12H2,(H,23,24)(H,25,26)/t19-/m0/s1. The molecule has 0 saturated heterocycles. The van der Waals surface area contributed by atoms with Crippen LogP contribution in [-0.2, 0) is 11.2 Å². The third kappa shape index (κ3) is 4.45. The van der Waals surface area contributed by atoms with E-state index in [9.17, 15) is 14.7 Å². The predicted octanol–water partition coefficient (Wildman–Crippen LogP) is 3.44. The summed E-state index contributed by atoms with van der Waals surface area (Å²) in [6.45, 7) is 0. The average Bonchev–Trinajstić information content (AvgIpc) is 2.67. The molecular formula is C21H20N2O3. The zero-order valence-electron chi connectivity index (χ0n) is 14.3. The van der Waals surface area contributed by atoms with E-state index in [-0.39, 0.29) is 5.69 Å². The van der Waals surface area contributed by atoms with Crippen molar-refractivity contribution < 1.29 is 14.7 Å². The Balaban J connectivity index is 1.62. The normalized spacial score (nSPS) is 11.8. The van der Waals surface area contributed by atoms with Gasteiger partial charge in [-0.2, -0.15) is 0 Å². The largest absolute Gasteiger partial charge is 0.480 e. The van der Waals surface area contributed by atoms with Crippen LogP contribution in [0.1, 0.15) is 28.9 Å². The number of aliphatic carboxylic acids is 1. The molecule has 5 nitrogen and oxygen atoms in total. The zero-order chi connectivity index (χ0) is 18.4. The molecule has 1 aromatic heterocycles. The number of amides is 1. The molecule has 0 aliphatic carbocycles. The fourth-order valence-corrected chi connectivity index (χ4v) is 2.84. The van der Waals surface area contributed by atoms with Crippen LogP contribution in [0.2, 0.25) is 0 Å². The topological polar surface area (TPSA) is 79.3 Å². The zero-order valence-corrected chi connectivity index (χ0v) is 14.3. The molecule has 0 fully saturated rings. The summed E-state index contributed by atoms with van der Waals surface area (Å²) in [5.74, 6) is -1.50. The molecule has 2 aromatic carbocycles. The number of nitrogens with zero attached hydrogens (tertiary/aromatic N) is 1. The number of rotatable bonds is 7. The minimum Gasteiger partial charge on any atom is -0.480 e. The SMILES string of the molecule is O=C(N[C@@H](CCCc1ccccc1)C(=O)O)c1ccc2ccccc2n1. The van der Waals surface area contributed by atoms with Crippen LogP contribution < -0.4 is 5.32 Å². The van der Waals surface area contributed by atoms with Crippen molar-refractivity contribution >= 4 is 22.8 Å². The van der Waals surface area contributed by atoms with E-state index >= 15 is 0 Å². The highest BCUT2D eigenvalue weighted by molar-refractivity contribution is 5.96. The monoisotopic (exact) mass is 348 g/mol. The number of aromatic nitrogens is 1. The first-order valence-corrected chi connectivity index (χ1v) is 8.57. The Labute approximate surface area is 151 Å². The number of hydrogen-bond donors (Lipinski definition) is 2. The Bertz CT molecular complexity index is 909. The van der Waals surface area contributed by atoms with Crippen molar-refractivity contribution in [2.45, 2.75) is 25.3 Å². The number of aryl methyl sites for hydroxylation is 1. The number of fused-ring (bicyclic) bond motifs is 1. The maximum Gasteiger partial charge on any atom is 0.326 e. The lowest BCUT2D eigenvalue weighted by Gasteiger charge is -2.14. The van der Waals surface area contributed by atoms with Crippen molar-refractivity contribution in [1.82, 2.24) is 10.3 Å². The van der Waals surface area contributed by atoms with Gasteiger partial charge in [-0.1, -0.05) is 54.6 Å². The van der Waals surface area contributed by atoms with E-state index in [1.165, 1.54) is 0 Å². The van der Waals surface area contributed by atoms with Crippen LogP contribution in [0.5, 0.6) is 0 Å². The van der Waals surface area contributed by atoms with Gasteiger partial charge in [-0.15, -0.1) is 0 Å². The first-order chi connectivity index (χ1) is 12.6. The van der Waals surface area contributed by atoms with Crippen molar-refractivity contribution in [3.05, 3.63) is 78.0 Å². The number of carbonyl (C=O) groups excluding carboxylic acids is 1. The van der Waals surface area contributed by atoms with E-state index in [4.69, 9.17) is 0 Å². The van der Waals surface area contributed by atoms with Crippen LogP contribution in [-0.4, -0.2) is 28.0 Å². The van der Waals surface area contributed by atoms with Crippen molar-refractivity contribution in [1.29, 1.82) is 0 Å². The molecule has 3 aromatic rings. The van der Waals surface area contributed by atoms with Crippen LogP contribution in [0.4, 0.5) is 0 Å². The maximum absolute atomic E-state index is 12.4. The van der Waals surface area contributed by atoms with Gasteiger partial charge in [-0.05, 0) is 37.0 Å². The number of benzene rings is 2. The Morgan fingerprint density at radius 2 is 1.69 bits per heavy atom. The van der Waals surface area contributed by atoms with Crippen molar-refractivity contribution in [2.24, 2.45) is 0 Å². The van der Waals surface area contributed by atoms with E-state index in [2.05, 4.69) is 10.3 Å². The fourth-order valence-electron chi connectivity index (χ4n) is 2.84. The van der Waals surface area contributed by atoms with Gasteiger partial charge in [0.25, 0.3) is 5.91 Å². The number of carbonyl (C=O) groups is 2. The minimum atomic E-state index is -1.03. The van der Waals surface area contributed by atoms with Gasteiger partial charge in [0.1, 0.15) is 11.7 Å². The molecule has 3 rings (SSSR count). The number of carboxylic acid groups (broad SMARTS) is 1. The third-order valence-corrected chi connectivity index (χ3v) is 4.24. The second-order valence-corrected chi connectivity index (χ2v) is 6.13. The second kappa shape index (κ2) is 8.25. The average molecular weight is 348 g/mol. The van der Waals surface area contributed by atoms with Crippen LogP contribution in [0.25, 0.3) is 10.9 Å². The van der Waals surface area contributed by atoms with Gasteiger partial charge in [-0.3, -0.25) is 4.79 Å². The molecule has 26 heavy (non-hydrogen) atoms. The van der Waals surface area contributed by atoms with Gasteiger partial charge in [0.2, 0.25) is 0 Å². The molecule has 132 valence electrons. The van der Waals surface area contributed by atoms with Crippen molar-refractivity contribution in [3.63, 3.8) is 0 Å². The van der Waals surface area contributed by atoms with Crippen molar-refractivity contribution in [3.8, 4) is 0 Å². The van der Waals surface area contributed by atoms with Gasteiger partial charge in [0, 0.05) is 5.39 Å². The Hall–Kier alpha value is -3.21. The van der Waals surface area contributed by atoms with E-state index in [0.717, 1.165) is 17.4 Å². The Morgan fingerprint density at radius 3 is 2.46 bits per heavy atom. The van der Waals surface area contributed by atoms with E-state index in [1.54, 1.807) is 6.07 Å². The molecule has 0 saturated carbocycles. The number of para-hydroxylation sites is 1. The number of pyridine rings is 1. The highest BCUT2D eigenvalue weighted by Crippen LogP contribution is 2.12. The summed E-state index contributed by atoms with van der Waals surface area (Å²) < 4.78 is 0. The molecule has 0 radical (unpaired) electrons. The molecule has 0 aliphatic rings. The molecule has 1 atom stereocenters. The molecule has 5 heteroatoms. The highest BCUT2D eigenvalue weighted by Gasteiger charge is 2.21. The maximum atomic E-state index is 12.4. The van der Waals surface area contributed by atoms with Crippen LogP contribution in [0.3, 0.4) is 0 Å². The van der Waals surface area contributed by atoms with Gasteiger partial charge < -0.3 is 10.4 Å². The molecule has 0 bridgehead atoms. The first kappa shape index (κ1) is 17.6. The summed E-state index contributed by atoms with van der Waals surface area (Å²) >= 11 is 0. The summed E-state index contributed by atoms with van der Waals surface area (Å²) in [5, 5.41) is 12.9. The van der Waals surface area contributed by atoms with Gasteiger partial charge in [0.15, 0.2) is 0 Å². The summed E-state index contributed by atoms with van der Waals surface area (Å²) in [4.78, 5) is 28.2. The van der Waals surface area contributed by atoms with Gasteiger partial charge in [-0.25, -0.2) is 9.78 Å². The molecule has 1 heterocycles. The van der Waals surface area contributed by atoms with E-state index in [1.807, 2.05) is 60.7 Å². The van der Waals surface area contributed by atoms with E-state index < -0.39 is 17.9 Å². The van der Waals surface area contributed by atoms with Crippen LogP contribution in [0, 0.1) is 0 Å². The number of carboxylic acids is 1. The third-order valence-electron chi connectivity index (χ3n) is 4.24. The summed E-state index contributed by atoms with van der Waals surface area (Å²) in [6, 6.07) is 19.8. The quantitative estimate of drug-likeness (QED) is 0.685. The summed E-state index contributed by atoms with van der Waals surface area (Å²) in [5.41, 5.74) is 2.08. The Morgan fingerprint density at radius 1 is 0.962 bits per heavy atom. The molecule has 1 amide bonds. The first-order valence-electron chi connectivity index (χ1n) is 8.57. The lowest BCUT2D eigenvalue weighted by molar-refractivity contribution is -0.139. The molecule has 0 unspecified atom stereocenters. The Kier molecular flexibility index (Phi) is 5.59.